The first-order valence-corrected chi connectivity index (χ1v) is 6.77. The molecule has 0 bridgehead atoms. The predicted molar refractivity (Wildman–Crippen MR) is 77.7 cm³/mol. The fourth-order valence-electron chi connectivity index (χ4n) is 2.53. The van der Waals surface area contributed by atoms with E-state index in [1.807, 2.05) is 18.2 Å². The van der Waals surface area contributed by atoms with E-state index in [-0.39, 0.29) is 5.78 Å². The first-order valence-electron chi connectivity index (χ1n) is 6.77. The molecule has 1 aliphatic heterocycles. The van der Waals surface area contributed by atoms with E-state index >= 15 is 0 Å². The van der Waals surface area contributed by atoms with Crippen LogP contribution in [-0.2, 0) is 4.74 Å². The number of benzene rings is 1. The molecule has 0 radical (unpaired) electrons. The molecule has 1 saturated heterocycles. The largest absolute Gasteiger partial charge is 0.398 e. The Morgan fingerprint density at radius 3 is 2.68 bits per heavy atom. The van der Waals surface area contributed by atoms with Gasteiger partial charge in [0.15, 0.2) is 5.78 Å². The molecule has 0 unspecified atom stereocenters. The van der Waals surface area contributed by atoms with Crippen LogP contribution in [0.4, 0.5) is 11.4 Å². The molecule has 1 heterocycles. The van der Waals surface area contributed by atoms with Gasteiger partial charge in [0.25, 0.3) is 0 Å². The van der Waals surface area contributed by atoms with Gasteiger partial charge in [-0.2, -0.15) is 0 Å². The van der Waals surface area contributed by atoms with Crippen molar-refractivity contribution in [2.45, 2.75) is 19.8 Å². The molecule has 0 spiro atoms. The molecule has 4 heteroatoms. The number of Topliss-reactive ketones (excluding diaryl/α,β-unsaturated/α-hetero) is 1. The Balaban J connectivity index is 2.04. The molecular weight excluding hydrogens is 240 g/mol. The third-order valence-electron chi connectivity index (χ3n) is 3.73. The summed E-state index contributed by atoms with van der Waals surface area (Å²) < 4.78 is 5.37. The molecule has 104 valence electrons. The van der Waals surface area contributed by atoms with Crippen molar-refractivity contribution >= 4 is 17.2 Å². The number of nitrogens with two attached hydrogens (primary N) is 1. The van der Waals surface area contributed by atoms with Crippen LogP contribution in [0.3, 0.4) is 0 Å². The second-order valence-corrected chi connectivity index (χ2v) is 5.26. The van der Waals surface area contributed by atoms with Gasteiger partial charge in [0.05, 0.1) is 0 Å². The highest BCUT2D eigenvalue weighted by molar-refractivity contribution is 5.99. The van der Waals surface area contributed by atoms with Crippen LogP contribution in [0.1, 0.15) is 30.1 Å². The van der Waals surface area contributed by atoms with Crippen molar-refractivity contribution in [2.75, 3.05) is 37.4 Å². The summed E-state index contributed by atoms with van der Waals surface area (Å²) in [5.41, 5.74) is 8.15. The Bertz CT molecular complexity index is 453. The number of hydrogen-bond donors (Lipinski definition) is 1. The molecule has 1 aromatic rings. The number of ether oxygens (including phenoxy) is 1. The molecule has 0 aromatic heterocycles. The van der Waals surface area contributed by atoms with Crippen LogP contribution in [0.2, 0.25) is 0 Å². The summed E-state index contributed by atoms with van der Waals surface area (Å²) in [4.78, 5) is 13.6. The smallest absolute Gasteiger partial charge is 0.161 e. The highest BCUT2D eigenvalue weighted by Crippen LogP contribution is 2.24. The van der Waals surface area contributed by atoms with Crippen molar-refractivity contribution in [2.24, 2.45) is 5.92 Å². The quantitative estimate of drug-likeness (QED) is 0.668. The molecule has 2 rings (SSSR count). The molecule has 4 nitrogen and oxygen atoms in total. The number of nitrogen functional groups attached to an aromatic ring is 1. The van der Waals surface area contributed by atoms with Crippen LogP contribution in [-0.4, -0.2) is 32.6 Å². The number of nitrogens with zero attached hydrogens (tertiary/aromatic N) is 1. The molecule has 0 atom stereocenters. The van der Waals surface area contributed by atoms with Crippen molar-refractivity contribution < 1.29 is 9.53 Å². The summed E-state index contributed by atoms with van der Waals surface area (Å²) in [5.74, 6) is 0.684. The molecule has 0 amide bonds. The van der Waals surface area contributed by atoms with Gasteiger partial charge < -0.3 is 15.4 Å². The Kier molecular flexibility index (Phi) is 4.43. The molecule has 0 saturated carbocycles. The van der Waals surface area contributed by atoms with Crippen molar-refractivity contribution in [1.82, 2.24) is 0 Å². The van der Waals surface area contributed by atoms with Gasteiger partial charge in [0, 0.05) is 43.7 Å². The number of carbonyl (C=O) groups is 1. The Hall–Kier alpha value is -1.55. The van der Waals surface area contributed by atoms with Crippen LogP contribution in [0.25, 0.3) is 0 Å². The topological polar surface area (TPSA) is 55.6 Å². The van der Waals surface area contributed by atoms with Gasteiger partial charge in [0.2, 0.25) is 0 Å². The van der Waals surface area contributed by atoms with E-state index in [0.29, 0.717) is 17.2 Å². The minimum Gasteiger partial charge on any atom is -0.398 e. The van der Waals surface area contributed by atoms with Crippen molar-refractivity contribution in [3.05, 3.63) is 23.8 Å². The van der Waals surface area contributed by atoms with Crippen molar-refractivity contribution in [1.29, 1.82) is 0 Å². The van der Waals surface area contributed by atoms with E-state index < -0.39 is 0 Å². The molecule has 19 heavy (non-hydrogen) atoms. The Morgan fingerprint density at radius 2 is 2.11 bits per heavy atom. The zero-order chi connectivity index (χ0) is 13.8. The van der Waals surface area contributed by atoms with Crippen molar-refractivity contribution in [3.8, 4) is 0 Å². The number of anilines is 2. The van der Waals surface area contributed by atoms with E-state index in [4.69, 9.17) is 10.5 Å². The SMILES string of the molecule is CC(=O)c1ccc(N(C)CC2CCOCC2)cc1N. The van der Waals surface area contributed by atoms with Crippen molar-refractivity contribution in [3.63, 3.8) is 0 Å². The normalized spacial score (nSPS) is 16.3. The number of ketones is 1. The average Bonchev–Trinajstić information content (AvgIpc) is 2.39. The van der Waals surface area contributed by atoms with E-state index in [0.717, 1.165) is 38.3 Å². The monoisotopic (exact) mass is 262 g/mol. The highest BCUT2D eigenvalue weighted by atomic mass is 16.5. The van der Waals surface area contributed by atoms with Crippen LogP contribution in [0.5, 0.6) is 0 Å². The maximum atomic E-state index is 11.4. The number of hydrogen-bond acceptors (Lipinski definition) is 4. The van der Waals surface area contributed by atoms with Gasteiger partial charge in [-0.05, 0) is 43.9 Å². The van der Waals surface area contributed by atoms with Crippen LogP contribution in [0.15, 0.2) is 18.2 Å². The number of rotatable bonds is 4. The van der Waals surface area contributed by atoms with Gasteiger partial charge in [-0.15, -0.1) is 0 Å². The zero-order valence-electron chi connectivity index (χ0n) is 11.7. The average molecular weight is 262 g/mol. The standard InChI is InChI=1S/C15H22N2O2/c1-11(18)14-4-3-13(9-15(14)16)17(2)10-12-5-7-19-8-6-12/h3-4,9,12H,5-8,10,16H2,1-2H3. The van der Waals surface area contributed by atoms with Crippen LogP contribution in [0, 0.1) is 5.92 Å². The summed E-state index contributed by atoms with van der Waals surface area (Å²) in [6.07, 6.45) is 2.23. The maximum absolute atomic E-state index is 11.4. The maximum Gasteiger partial charge on any atom is 0.161 e. The Morgan fingerprint density at radius 1 is 1.42 bits per heavy atom. The minimum atomic E-state index is 0.0103. The van der Waals surface area contributed by atoms with Gasteiger partial charge in [0.1, 0.15) is 0 Å². The molecule has 2 N–H and O–H groups in total. The van der Waals surface area contributed by atoms with Gasteiger partial charge in [-0.3, -0.25) is 4.79 Å². The molecule has 0 aliphatic carbocycles. The third kappa shape index (κ3) is 3.47. The lowest BCUT2D eigenvalue weighted by Gasteiger charge is -2.28. The summed E-state index contributed by atoms with van der Waals surface area (Å²) >= 11 is 0. The van der Waals surface area contributed by atoms with Gasteiger partial charge >= 0.3 is 0 Å². The second-order valence-electron chi connectivity index (χ2n) is 5.26. The van der Waals surface area contributed by atoms with Crippen LogP contribution >= 0.6 is 0 Å². The highest BCUT2D eigenvalue weighted by Gasteiger charge is 2.16. The lowest BCUT2D eigenvalue weighted by Crippen LogP contribution is -2.29. The van der Waals surface area contributed by atoms with Gasteiger partial charge in [-0.25, -0.2) is 0 Å². The first kappa shape index (κ1) is 13.9. The van der Waals surface area contributed by atoms with E-state index in [1.54, 1.807) is 0 Å². The van der Waals surface area contributed by atoms with Gasteiger partial charge in [-0.1, -0.05) is 0 Å². The minimum absolute atomic E-state index is 0.0103. The molecular formula is C15H22N2O2. The van der Waals surface area contributed by atoms with E-state index in [1.165, 1.54) is 6.92 Å². The van der Waals surface area contributed by atoms with E-state index in [9.17, 15) is 4.79 Å². The second kappa shape index (κ2) is 6.06. The fourth-order valence-corrected chi connectivity index (χ4v) is 2.53. The number of carbonyl (C=O) groups excluding carboxylic acids is 1. The zero-order valence-corrected chi connectivity index (χ0v) is 11.7. The lowest BCUT2D eigenvalue weighted by atomic mass is 9.99. The third-order valence-corrected chi connectivity index (χ3v) is 3.73. The van der Waals surface area contributed by atoms with Crippen LogP contribution < -0.4 is 10.6 Å². The molecule has 1 aliphatic rings. The first-order chi connectivity index (χ1) is 9.08. The fraction of sp³-hybridized carbons (Fsp3) is 0.533. The Labute approximate surface area is 114 Å². The molecule has 1 aromatic carbocycles. The predicted octanol–water partition coefficient (Wildman–Crippen LogP) is 2.33. The summed E-state index contributed by atoms with van der Waals surface area (Å²) in [6.45, 7) is 4.27. The summed E-state index contributed by atoms with van der Waals surface area (Å²) in [6, 6.07) is 5.66. The lowest BCUT2D eigenvalue weighted by molar-refractivity contribution is 0.0685. The summed E-state index contributed by atoms with van der Waals surface area (Å²) in [7, 11) is 2.07. The van der Waals surface area contributed by atoms with E-state index in [2.05, 4.69) is 11.9 Å². The summed E-state index contributed by atoms with van der Waals surface area (Å²) in [5, 5.41) is 0. The molecule has 1 fully saturated rings.